The lowest BCUT2D eigenvalue weighted by molar-refractivity contribution is -0.274. The quantitative estimate of drug-likeness (QED) is 0.274. The van der Waals surface area contributed by atoms with Gasteiger partial charge in [-0.15, -0.1) is 13.2 Å². The number of pyridine rings is 1. The summed E-state index contributed by atoms with van der Waals surface area (Å²) in [5.74, 6) is -0.204. The van der Waals surface area contributed by atoms with Gasteiger partial charge in [-0.1, -0.05) is 12.1 Å². The van der Waals surface area contributed by atoms with Crippen molar-refractivity contribution in [1.82, 2.24) is 24.9 Å². The first-order valence-electron chi connectivity index (χ1n) is 10.9. The number of nitrogens with zero attached hydrogens (tertiary/aromatic N) is 4. The van der Waals surface area contributed by atoms with Gasteiger partial charge < -0.3 is 20.4 Å². The standard InChI is InChI=1S/C25H18F3N7O2/c1-14-7-8-17(32-24(36)15-4-2-6-18(10-15)37-25(26,27)28)11-19(14)33-23-20-22(31-13-30-20)34-21(35-23)16-5-3-9-29-12-16/h2-13H,1H3,(H,32,36)(H2,30,31,33,34,35). The summed E-state index contributed by atoms with van der Waals surface area (Å²) in [7, 11) is 0. The van der Waals surface area contributed by atoms with Crippen LogP contribution in [0.2, 0.25) is 0 Å². The molecule has 12 heteroatoms. The van der Waals surface area contributed by atoms with Crippen molar-refractivity contribution in [2.24, 2.45) is 0 Å². The number of benzene rings is 2. The van der Waals surface area contributed by atoms with Crippen LogP contribution in [0.1, 0.15) is 15.9 Å². The highest BCUT2D eigenvalue weighted by atomic mass is 19.4. The number of aromatic nitrogens is 5. The molecule has 3 N–H and O–H groups in total. The third-order valence-electron chi connectivity index (χ3n) is 5.28. The molecule has 186 valence electrons. The Labute approximate surface area is 207 Å². The van der Waals surface area contributed by atoms with Gasteiger partial charge >= 0.3 is 6.36 Å². The third-order valence-corrected chi connectivity index (χ3v) is 5.28. The number of carbonyl (C=O) groups excluding carboxylic acids is 1. The first-order chi connectivity index (χ1) is 17.7. The number of imidazole rings is 1. The van der Waals surface area contributed by atoms with E-state index in [1.54, 1.807) is 36.7 Å². The number of fused-ring (bicyclic) bond motifs is 1. The van der Waals surface area contributed by atoms with E-state index in [0.717, 1.165) is 23.3 Å². The second-order valence-corrected chi connectivity index (χ2v) is 7.92. The average Bonchev–Trinajstić information content (AvgIpc) is 3.35. The minimum absolute atomic E-state index is 0.00646. The summed E-state index contributed by atoms with van der Waals surface area (Å²) in [5.41, 5.74) is 3.67. The molecule has 5 rings (SSSR count). The van der Waals surface area contributed by atoms with Crippen molar-refractivity contribution in [2.45, 2.75) is 13.3 Å². The van der Waals surface area contributed by atoms with E-state index in [9.17, 15) is 18.0 Å². The number of rotatable bonds is 6. The van der Waals surface area contributed by atoms with Crippen molar-refractivity contribution < 1.29 is 22.7 Å². The lowest BCUT2D eigenvalue weighted by Crippen LogP contribution is -2.18. The molecule has 0 aliphatic carbocycles. The minimum Gasteiger partial charge on any atom is -0.406 e. The molecule has 0 aliphatic rings. The molecule has 37 heavy (non-hydrogen) atoms. The molecule has 0 fully saturated rings. The molecule has 0 aliphatic heterocycles. The molecule has 0 bridgehead atoms. The van der Waals surface area contributed by atoms with Gasteiger partial charge in [0.15, 0.2) is 22.8 Å². The van der Waals surface area contributed by atoms with E-state index in [0.29, 0.717) is 34.2 Å². The van der Waals surface area contributed by atoms with E-state index in [2.05, 4.69) is 40.3 Å². The van der Waals surface area contributed by atoms with E-state index in [-0.39, 0.29) is 5.56 Å². The number of ether oxygens (including phenoxy) is 1. The lowest BCUT2D eigenvalue weighted by Gasteiger charge is -2.13. The maximum Gasteiger partial charge on any atom is 0.573 e. The summed E-state index contributed by atoms with van der Waals surface area (Å²) in [6.45, 7) is 1.87. The summed E-state index contributed by atoms with van der Waals surface area (Å²) < 4.78 is 41.5. The van der Waals surface area contributed by atoms with Crippen LogP contribution in [0, 0.1) is 6.92 Å². The molecular weight excluding hydrogens is 487 g/mol. The van der Waals surface area contributed by atoms with E-state index in [1.165, 1.54) is 18.5 Å². The lowest BCUT2D eigenvalue weighted by atomic mass is 10.1. The van der Waals surface area contributed by atoms with E-state index >= 15 is 0 Å². The van der Waals surface area contributed by atoms with Crippen LogP contribution in [0.3, 0.4) is 0 Å². The van der Waals surface area contributed by atoms with Crippen molar-refractivity contribution in [3.63, 3.8) is 0 Å². The van der Waals surface area contributed by atoms with Gasteiger partial charge in [-0.05, 0) is 55.0 Å². The summed E-state index contributed by atoms with van der Waals surface area (Å²) in [5, 5.41) is 5.94. The first kappa shape index (κ1) is 23.7. The van der Waals surface area contributed by atoms with Gasteiger partial charge in [0.05, 0.1) is 6.33 Å². The maximum absolute atomic E-state index is 12.7. The van der Waals surface area contributed by atoms with Gasteiger partial charge in [0.1, 0.15) is 5.75 Å². The van der Waals surface area contributed by atoms with Crippen LogP contribution in [-0.4, -0.2) is 37.2 Å². The maximum atomic E-state index is 12.7. The molecule has 2 aromatic carbocycles. The predicted octanol–water partition coefficient (Wildman–Crippen LogP) is 5.62. The highest BCUT2D eigenvalue weighted by molar-refractivity contribution is 6.04. The number of alkyl halides is 3. The normalized spacial score (nSPS) is 11.4. The molecule has 9 nitrogen and oxygen atoms in total. The van der Waals surface area contributed by atoms with Gasteiger partial charge in [-0.2, -0.15) is 0 Å². The highest BCUT2D eigenvalue weighted by Gasteiger charge is 2.31. The number of carbonyl (C=O) groups is 1. The number of hydrogen-bond acceptors (Lipinski definition) is 7. The van der Waals surface area contributed by atoms with Crippen molar-refractivity contribution in [2.75, 3.05) is 10.6 Å². The molecule has 3 aromatic heterocycles. The highest BCUT2D eigenvalue weighted by Crippen LogP contribution is 2.29. The fraction of sp³-hybridized carbons (Fsp3) is 0.0800. The Morgan fingerprint density at radius 1 is 1.05 bits per heavy atom. The number of nitrogens with one attached hydrogen (secondary N) is 3. The van der Waals surface area contributed by atoms with Crippen LogP contribution in [0.15, 0.2) is 73.3 Å². The van der Waals surface area contributed by atoms with E-state index < -0.39 is 18.0 Å². The number of aryl methyl sites for hydroxylation is 1. The van der Waals surface area contributed by atoms with Crippen molar-refractivity contribution in [3.8, 4) is 17.1 Å². The monoisotopic (exact) mass is 505 g/mol. The Morgan fingerprint density at radius 2 is 1.92 bits per heavy atom. The molecular formula is C25H18F3N7O2. The fourth-order valence-corrected chi connectivity index (χ4v) is 3.55. The third kappa shape index (κ3) is 5.48. The second kappa shape index (κ2) is 9.57. The number of hydrogen-bond donors (Lipinski definition) is 3. The Morgan fingerprint density at radius 3 is 2.70 bits per heavy atom. The first-order valence-corrected chi connectivity index (χ1v) is 10.9. The van der Waals surface area contributed by atoms with Gasteiger partial charge in [0.2, 0.25) is 0 Å². The summed E-state index contributed by atoms with van der Waals surface area (Å²) in [6.07, 6.45) is -0.0421. The Balaban J connectivity index is 1.41. The molecule has 0 atom stereocenters. The van der Waals surface area contributed by atoms with Crippen LogP contribution < -0.4 is 15.4 Å². The zero-order chi connectivity index (χ0) is 26.0. The van der Waals surface area contributed by atoms with E-state index in [4.69, 9.17) is 0 Å². The van der Waals surface area contributed by atoms with Crippen LogP contribution in [0.25, 0.3) is 22.6 Å². The smallest absolute Gasteiger partial charge is 0.406 e. The second-order valence-electron chi connectivity index (χ2n) is 7.92. The van der Waals surface area contributed by atoms with Crippen LogP contribution in [-0.2, 0) is 0 Å². The number of aromatic amines is 1. The number of anilines is 3. The van der Waals surface area contributed by atoms with E-state index in [1.807, 2.05) is 13.0 Å². The Bertz CT molecular complexity index is 1590. The van der Waals surface area contributed by atoms with Crippen LogP contribution >= 0.6 is 0 Å². The van der Waals surface area contributed by atoms with Crippen molar-refractivity contribution in [1.29, 1.82) is 0 Å². The SMILES string of the molecule is Cc1ccc(NC(=O)c2cccc(OC(F)(F)F)c2)cc1Nc1nc(-c2cccnc2)nc2[nH]cnc12. The average molecular weight is 505 g/mol. The number of halogens is 3. The molecule has 1 amide bonds. The zero-order valence-corrected chi connectivity index (χ0v) is 19.2. The summed E-state index contributed by atoms with van der Waals surface area (Å²) in [4.78, 5) is 33.2. The largest absolute Gasteiger partial charge is 0.573 e. The predicted molar refractivity (Wildman–Crippen MR) is 130 cm³/mol. The van der Waals surface area contributed by atoms with Gasteiger partial charge in [-0.25, -0.2) is 15.0 Å². The number of amides is 1. The van der Waals surface area contributed by atoms with Gasteiger partial charge in [-0.3, -0.25) is 9.78 Å². The molecule has 0 saturated heterocycles. The molecule has 0 spiro atoms. The summed E-state index contributed by atoms with van der Waals surface area (Å²) in [6, 6.07) is 13.6. The molecule has 5 aromatic rings. The van der Waals surface area contributed by atoms with Gasteiger partial charge in [0, 0.05) is 34.9 Å². The van der Waals surface area contributed by atoms with Crippen LogP contribution in [0.5, 0.6) is 5.75 Å². The van der Waals surface area contributed by atoms with Crippen molar-refractivity contribution >= 4 is 34.3 Å². The van der Waals surface area contributed by atoms with Gasteiger partial charge in [0.25, 0.3) is 5.91 Å². The molecule has 0 saturated carbocycles. The van der Waals surface area contributed by atoms with Crippen LogP contribution in [0.4, 0.5) is 30.4 Å². The number of H-pyrrole nitrogens is 1. The van der Waals surface area contributed by atoms with Crippen molar-refractivity contribution in [3.05, 3.63) is 84.4 Å². The Hall–Kier alpha value is -5.00. The molecule has 0 unspecified atom stereocenters. The Kier molecular flexibility index (Phi) is 6.14. The fourth-order valence-electron chi connectivity index (χ4n) is 3.55. The summed E-state index contributed by atoms with van der Waals surface area (Å²) >= 11 is 0. The molecule has 0 radical (unpaired) electrons. The molecule has 3 heterocycles. The minimum atomic E-state index is -4.86. The zero-order valence-electron chi connectivity index (χ0n) is 19.2. The topological polar surface area (TPSA) is 118 Å².